The Morgan fingerprint density at radius 3 is 2.71 bits per heavy atom. The molecule has 0 aliphatic rings. The van der Waals surface area contributed by atoms with Gasteiger partial charge in [0.25, 0.3) is 0 Å². The van der Waals surface area contributed by atoms with Crippen molar-refractivity contribution in [3.63, 3.8) is 0 Å². The van der Waals surface area contributed by atoms with Crippen LogP contribution in [0.1, 0.15) is 26.7 Å². The highest BCUT2D eigenvalue weighted by Gasteiger charge is 1.96. The number of hydrogen-bond donors (Lipinski definition) is 0. The van der Waals surface area contributed by atoms with E-state index in [4.69, 9.17) is 4.74 Å². The smallest absolute Gasteiger partial charge is 0.119 e. The van der Waals surface area contributed by atoms with Crippen molar-refractivity contribution in [1.29, 1.82) is 0 Å². The lowest BCUT2D eigenvalue weighted by atomic mass is 10.1. The SMILES string of the molecule is C=CC(C)CC/C=C(\C)COc1ccccc1. The highest BCUT2D eigenvalue weighted by molar-refractivity contribution is 5.21. The van der Waals surface area contributed by atoms with Gasteiger partial charge < -0.3 is 4.74 Å². The van der Waals surface area contributed by atoms with Gasteiger partial charge in [-0.15, -0.1) is 6.58 Å². The molecule has 0 N–H and O–H groups in total. The number of para-hydroxylation sites is 1. The fourth-order valence-corrected chi connectivity index (χ4v) is 1.48. The van der Waals surface area contributed by atoms with E-state index >= 15 is 0 Å². The molecule has 0 radical (unpaired) electrons. The predicted molar refractivity (Wildman–Crippen MR) is 74.3 cm³/mol. The molecule has 0 aliphatic carbocycles. The molecule has 1 nitrogen and oxygen atoms in total. The van der Waals surface area contributed by atoms with Crippen molar-refractivity contribution in [3.8, 4) is 5.75 Å². The third kappa shape index (κ3) is 5.96. The summed E-state index contributed by atoms with van der Waals surface area (Å²) in [5.74, 6) is 1.52. The van der Waals surface area contributed by atoms with Crippen LogP contribution >= 0.6 is 0 Å². The van der Waals surface area contributed by atoms with Crippen LogP contribution in [0.2, 0.25) is 0 Å². The van der Waals surface area contributed by atoms with E-state index in [0.717, 1.165) is 18.6 Å². The monoisotopic (exact) mass is 230 g/mol. The Labute approximate surface area is 105 Å². The summed E-state index contributed by atoms with van der Waals surface area (Å²) in [6, 6.07) is 9.92. The van der Waals surface area contributed by atoms with Crippen LogP contribution < -0.4 is 4.74 Å². The second kappa shape index (κ2) is 7.72. The number of hydrogen-bond acceptors (Lipinski definition) is 1. The fourth-order valence-electron chi connectivity index (χ4n) is 1.48. The zero-order chi connectivity index (χ0) is 12.5. The molecule has 0 saturated heterocycles. The summed E-state index contributed by atoms with van der Waals surface area (Å²) in [7, 11) is 0. The Kier molecular flexibility index (Phi) is 6.16. The van der Waals surface area contributed by atoms with Crippen LogP contribution in [0.4, 0.5) is 0 Å². The van der Waals surface area contributed by atoms with Gasteiger partial charge in [-0.25, -0.2) is 0 Å². The van der Waals surface area contributed by atoms with Gasteiger partial charge in [-0.2, -0.15) is 0 Å². The first-order chi connectivity index (χ1) is 8.22. The van der Waals surface area contributed by atoms with E-state index in [1.165, 1.54) is 5.57 Å². The van der Waals surface area contributed by atoms with Crippen LogP contribution in [-0.4, -0.2) is 6.61 Å². The van der Waals surface area contributed by atoms with Crippen LogP contribution in [0, 0.1) is 5.92 Å². The first-order valence-corrected chi connectivity index (χ1v) is 6.18. The molecule has 0 spiro atoms. The Hall–Kier alpha value is -1.50. The summed E-state index contributed by atoms with van der Waals surface area (Å²) in [5, 5.41) is 0. The van der Waals surface area contributed by atoms with Crippen molar-refractivity contribution >= 4 is 0 Å². The Morgan fingerprint density at radius 1 is 1.35 bits per heavy atom. The molecule has 1 aromatic carbocycles. The minimum Gasteiger partial charge on any atom is -0.489 e. The molecule has 92 valence electrons. The first kappa shape index (κ1) is 13.6. The Balaban J connectivity index is 2.27. The second-order valence-electron chi connectivity index (χ2n) is 4.44. The third-order valence-electron chi connectivity index (χ3n) is 2.73. The van der Waals surface area contributed by atoms with Gasteiger partial charge in [0, 0.05) is 0 Å². The van der Waals surface area contributed by atoms with E-state index < -0.39 is 0 Å². The molecular formula is C16H22O. The highest BCUT2D eigenvalue weighted by atomic mass is 16.5. The Morgan fingerprint density at radius 2 is 2.06 bits per heavy atom. The third-order valence-corrected chi connectivity index (χ3v) is 2.73. The van der Waals surface area contributed by atoms with E-state index in [1.807, 2.05) is 36.4 Å². The number of rotatable bonds is 7. The topological polar surface area (TPSA) is 9.23 Å². The van der Waals surface area contributed by atoms with Gasteiger partial charge >= 0.3 is 0 Å². The van der Waals surface area contributed by atoms with E-state index in [-0.39, 0.29) is 0 Å². The van der Waals surface area contributed by atoms with Crippen LogP contribution in [-0.2, 0) is 0 Å². The van der Waals surface area contributed by atoms with Crippen LogP contribution in [0.5, 0.6) is 5.75 Å². The van der Waals surface area contributed by atoms with E-state index in [2.05, 4.69) is 26.5 Å². The molecule has 1 aromatic rings. The van der Waals surface area contributed by atoms with Crippen molar-refractivity contribution in [1.82, 2.24) is 0 Å². The largest absolute Gasteiger partial charge is 0.489 e. The molecule has 0 heterocycles. The summed E-state index contributed by atoms with van der Waals surface area (Å²) in [6.45, 7) is 8.77. The van der Waals surface area contributed by atoms with E-state index in [1.54, 1.807) is 0 Å². The molecule has 0 aromatic heterocycles. The lowest BCUT2D eigenvalue weighted by Crippen LogP contribution is -1.98. The van der Waals surface area contributed by atoms with Gasteiger partial charge in [0.1, 0.15) is 12.4 Å². The second-order valence-corrected chi connectivity index (χ2v) is 4.44. The zero-order valence-electron chi connectivity index (χ0n) is 10.9. The molecule has 1 unspecified atom stereocenters. The summed E-state index contributed by atoms with van der Waals surface area (Å²) in [5.41, 5.74) is 1.28. The molecule has 1 rings (SSSR count). The van der Waals surface area contributed by atoms with Crippen molar-refractivity contribution in [2.45, 2.75) is 26.7 Å². The normalized spacial score (nSPS) is 13.2. The van der Waals surface area contributed by atoms with Crippen molar-refractivity contribution in [2.24, 2.45) is 5.92 Å². The van der Waals surface area contributed by atoms with Gasteiger partial charge in [0.05, 0.1) is 0 Å². The molecule has 0 aliphatic heterocycles. The van der Waals surface area contributed by atoms with Crippen LogP contribution in [0.3, 0.4) is 0 Å². The average Bonchev–Trinajstić information content (AvgIpc) is 2.37. The van der Waals surface area contributed by atoms with Crippen molar-refractivity contribution in [3.05, 3.63) is 54.6 Å². The minimum atomic E-state index is 0.592. The number of allylic oxidation sites excluding steroid dienone is 2. The molecule has 0 bridgehead atoms. The quantitative estimate of drug-likeness (QED) is 0.621. The summed E-state index contributed by atoms with van der Waals surface area (Å²) in [4.78, 5) is 0. The van der Waals surface area contributed by atoms with Gasteiger partial charge in [-0.3, -0.25) is 0 Å². The van der Waals surface area contributed by atoms with E-state index in [9.17, 15) is 0 Å². The lowest BCUT2D eigenvalue weighted by molar-refractivity contribution is 0.351. The van der Waals surface area contributed by atoms with Crippen LogP contribution in [0.25, 0.3) is 0 Å². The summed E-state index contributed by atoms with van der Waals surface area (Å²) in [6.07, 6.45) is 6.51. The summed E-state index contributed by atoms with van der Waals surface area (Å²) >= 11 is 0. The molecule has 0 saturated carbocycles. The number of ether oxygens (including phenoxy) is 1. The van der Waals surface area contributed by atoms with Crippen molar-refractivity contribution < 1.29 is 4.74 Å². The average molecular weight is 230 g/mol. The van der Waals surface area contributed by atoms with Crippen molar-refractivity contribution in [2.75, 3.05) is 6.61 Å². The van der Waals surface area contributed by atoms with Crippen LogP contribution in [0.15, 0.2) is 54.6 Å². The standard InChI is InChI=1S/C16H22O/c1-4-14(2)9-8-10-15(3)13-17-16-11-6-5-7-12-16/h4-7,10-12,14H,1,8-9,13H2,2-3H3/b15-10+. The highest BCUT2D eigenvalue weighted by Crippen LogP contribution is 2.11. The first-order valence-electron chi connectivity index (χ1n) is 6.18. The number of benzene rings is 1. The lowest BCUT2D eigenvalue weighted by Gasteiger charge is -2.07. The Bertz CT molecular complexity index is 351. The molecular weight excluding hydrogens is 208 g/mol. The van der Waals surface area contributed by atoms with Gasteiger partial charge in [-0.05, 0) is 43.4 Å². The minimum absolute atomic E-state index is 0.592. The van der Waals surface area contributed by atoms with Gasteiger partial charge in [0.2, 0.25) is 0 Å². The predicted octanol–water partition coefficient (Wildman–Crippen LogP) is 4.61. The molecule has 1 atom stereocenters. The zero-order valence-corrected chi connectivity index (χ0v) is 10.9. The molecule has 1 heteroatoms. The fraction of sp³-hybridized carbons (Fsp3) is 0.375. The maximum atomic E-state index is 5.66. The van der Waals surface area contributed by atoms with E-state index in [0.29, 0.717) is 12.5 Å². The van der Waals surface area contributed by atoms with Gasteiger partial charge in [-0.1, -0.05) is 37.3 Å². The van der Waals surface area contributed by atoms with Gasteiger partial charge in [0.15, 0.2) is 0 Å². The molecule has 17 heavy (non-hydrogen) atoms. The maximum absolute atomic E-state index is 5.66. The summed E-state index contributed by atoms with van der Waals surface area (Å²) < 4.78 is 5.66. The molecule has 0 fully saturated rings. The maximum Gasteiger partial charge on any atom is 0.119 e. The molecule has 0 amide bonds.